The van der Waals surface area contributed by atoms with Gasteiger partial charge in [0.2, 0.25) is 5.91 Å². The highest BCUT2D eigenvalue weighted by Crippen LogP contribution is 2.10. The second-order valence-electron chi connectivity index (χ2n) is 5.20. The molecule has 0 aromatic carbocycles. The van der Waals surface area contributed by atoms with Crippen molar-refractivity contribution in [3.8, 4) is 0 Å². The van der Waals surface area contributed by atoms with E-state index in [9.17, 15) is 4.79 Å². The minimum Gasteiger partial charge on any atom is -0.355 e. The van der Waals surface area contributed by atoms with Gasteiger partial charge in [0.25, 0.3) is 0 Å². The SMILES string of the molecule is CCCn1cc(CN2CCNCC2C(=O)NCC)cn1. The van der Waals surface area contributed by atoms with Crippen molar-refractivity contribution in [2.75, 3.05) is 26.2 Å². The first-order valence-electron chi connectivity index (χ1n) is 7.48. The first-order chi connectivity index (χ1) is 9.74. The highest BCUT2D eigenvalue weighted by molar-refractivity contribution is 5.82. The van der Waals surface area contributed by atoms with Crippen LogP contribution in [0.3, 0.4) is 0 Å². The minimum atomic E-state index is -0.0850. The van der Waals surface area contributed by atoms with E-state index in [1.807, 2.05) is 17.8 Å². The van der Waals surface area contributed by atoms with Gasteiger partial charge < -0.3 is 10.6 Å². The second kappa shape index (κ2) is 7.40. The Hall–Kier alpha value is -1.40. The molecule has 1 saturated heterocycles. The van der Waals surface area contributed by atoms with Crippen LogP contribution in [0.1, 0.15) is 25.8 Å². The van der Waals surface area contributed by atoms with Crippen molar-refractivity contribution in [2.24, 2.45) is 0 Å². The molecule has 1 aliphatic rings. The third kappa shape index (κ3) is 3.80. The Balaban J connectivity index is 1.98. The third-order valence-corrected chi connectivity index (χ3v) is 3.53. The van der Waals surface area contributed by atoms with Crippen molar-refractivity contribution < 1.29 is 4.79 Å². The van der Waals surface area contributed by atoms with Gasteiger partial charge in [-0.2, -0.15) is 5.10 Å². The summed E-state index contributed by atoms with van der Waals surface area (Å²) in [5.74, 6) is 0.112. The number of likely N-dealkylation sites (N-methyl/N-ethyl adjacent to an activating group) is 1. The van der Waals surface area contributed by atoms with E-state index in [1.54, 1.807) is 0 Å². The fourth-order valence-corrected chi connectivity index (χ4v) is 2.56. The standard InChI is InChI=1S/C14H25N5O/c1-3-6-19-11-12(8-17-19)10-18-7-5-15-9-13(18)14(20)16-4-2/h8,11,13,15H,3-7,9-10H2,1-2H3,(H,16,20). The van der Waals surface area contributed by atoms with Gasteiger partial charge in [-0.25, -0.2) is 0 Å². The van der Waals surface area contributed by atoms with Crippen LogP contribution in [0.2, 0.25) is 0 Å². The van der Waals surface area contributed by atoms with Crippen LogP contribution in [-0.4, -0.2) is 52.8 Å². The fourth-order valence-electron chi connectivity index (χ4n) is 2.56. The van der Waals surface area contributed by atoms with E-state index in [4.69, 9.17) is 0 Å². The molecule has 1 aromatic rings. The molecular formula is C14H25N5O. The number of hydrogen-bond acceptors (Lipinski definition) is 4. The van der Waals surface area contributed by atoms with E-state index in [1.165, 1.54) is 5.56 Å². The number of nitrogens with zero attached hydrogens (tertiary/aromatic N) is 3. The van der Waals surface area contributed by atoms with Gasteiger partial charge in [0, 0.05) is 51.0 Å². The molecule has 0 aliphatic carbocycles. The quantitative estimate of drug-likeness (QED) is 0.781. The van der Waals surface area contributed by atoms with Gasteiger partial charge >= 0.3 is 0 Å². The first kappa shape index (κ1) is 15.0. The molecule has 1 amide bonds. The summed E-state index contributed by atoms with van der Waals surface area (Å²) < 4.78 is 1.97. The molecular weight excluding hydrogens is 254 g/mol. The Morgan fingerprint density at radius 1 is 1.55 bits per heavy atom. The van der Waals surface area contributed by atoms with Crippen LogP contribution in [0.4, 0.5) is 0 Å². The van der Waals surface area contributed by atoms with Crippen LogP contribution in [-0.2, 0) is 17.9 Å². The zero-order valence-corrected chi connectivity index (χ0v) is 12.4. The smallest absolute Gasteiger partial charge is 0.238 e. The Bertz CT molecular complexity index is 431. The van der Waals surface area contributed by atoms with E-state index in [0.717, 1.165) is 39.1 Å². The lowest BCUT2D eigenvalue weighted by molar-refractivity contribution is -0.127. The predicted octanol–water partition coefficient (Wildman–Crippen LogP) is 0.203. The number of hydrogen-bond donors (Lipinski definition) is 2. The van der Waals surface area contributed by atoms with Crippen LogP contribution < -0.4 is 10.6 Å². The molecule has 6 heteroatoms. The molecule has 6 nitrogen and oxygen atoms in total. The van der Waals surface area contributed by atoms with Crippen LogP contribution in [0.25, 0.3) is 0 Å². The number of carbonyl (C=O) groups is 1. The molecule has 2 rings (SSSR count). The number of nitrogens with one attached hydrogen (secondary N) is 2. The zero-order chi connectivity index (χ0) is 14.4. The largest absolute Gasteiger partial charge is 0.355 e. The van der Waals surface area contributed by atoms with Crippen molar-refractivity contribution in [3.05, 3.63) is 18.0 Å². The van der Waals surface area contributed by atoms with Crippen LogP contribution in [0, 0.1) is 0 Å². The molecule has 112 valence electrons. The van der Waals surface area contributed by atoms with Crippen LogP contribution in [0.5, 0.6) is 0 Å². The second-order valence-corrected chi connectivity index (χ2v) is 5.20. The van der Waals surface area contributed by atoms with Crippen LogP contribution in [0.15, 0.2) is 12.4 Å². The summed E-state index contributed by atoms with van der Waals surface area (Å²) in [7, 11) is 0. The molecule has 0 saturated carbocycles. The Morgan fingerprint density at radius 2 is 2.40 bits per heavy atom. The molecule has 1 aliphatic heterocycles. The first-order valence-corrected chi connectivity index (χ1v) is 7.48. The van der Waals surface area contributed by atoms with Gasteiger partial charge in [-0.1, -0.05) is 6.92 Å². The summed E-state index contributed by atoms with van der Waals surface area (Å²) in [5.41, 5.74) is 1.18. The molecule has 0 bridgehead atoms. The third-order valence-electron chi connectivity index (χ3n) is 3.53. The lowest BCUT2D eigenvalue weighted by Gasteiger charge is -2.34. The molecule has 0 radical (unpaired) electrons. The monoisotopic (exact) mass is 279 g/mol. The van der Waals surface area contributed by atoms with Gasteiger partial charge in [-0.05, 0) is 13.3 Å². The minimum absolute atomic E-state index is 0.0850. The predicted molar refractivity (Wildman–Crippen MR) is 78.3 cm³/mol. The van der Waals surface area contributed by atoms with Crippen molar-refractivity contribution in [2.45, 2.75) is 39.4 Å². The summed E-state index contributed by atoms with van der Waals surface area (Å²) in [6.45, 7) is 9.04. The average molecular weight is 279 g/mol. The lowest BCUT2D eigenvalue weighted by Crippen LogP contribution is -2.57. The molecule has 2 N–H and O–H groups in total. The van der Waals surface area contributed by atoms with Gasteiger partial charge in [0.05, 0.1) is 6.20 Å². The highest BCUT2D eigenvalue weighted by Gasteiger charge is 2.28. The Morgan fingerprint density at radius 3 is 3.15 bits per heavy atom. The van der Waals surface area contributed by atoms with E-state index < -0.39 is 0 Å². The number of aryl methyl sites for hydroxylation is 1. The zero-order valence-electron chi connectivity index (χ0n) is 12.4. The van der Waals surface area contributed by atoms with Gasteiger partial charge in [-0.15, -0.1) is 0 Å². The number of piperazine rings is 1. The highest BCUT2D eigenvalue weighted by atomic mass is 16.2. The summed E-state index contributed by atoms with van der Waals surface area (Å²) >= 11 is 0. The maximum Gasteiger partial charge on any atom is 0.238 e. The molecule has 1 unspecified atom stereocenters. The number of aromatic nitrogens is 2. The van der Waals surface area contributed by atoms with Gasteiger partial charge in [0.1, 0.15) is 6.04 Å². The molecule has 1 atom stereocenters. The molecule has 1 fully saturated rings. The van der Waals surface area contributed by atoms with Crippen molar-refractivity contribution >= 4 is 5.91 Å². The van der Waals surface area contributed by atoms with Crippen LogP contribution >= 0.6 is 0 Å². The van der Waals surface area contributed by atoms with Gasteiger partial charge in [0.15, 0.2) is 0 Å². The lowest BCUT2D eigenvalue weighted by atomic mass is 10.1. The number of rotatable bonds is 6. The van der Waals surface area contributed by atoms with E-state index in [2.05, 4.69) is 33.8 Å². The molecule has 1 aromatic heterocycles. The number of amides is 1. The van der Waals surface area contributed by atoms with Crippen molar-refractivity contribution in [1.29, 1.82) is 0 Å². The average Bonchev–Trinajstić information content (AvgIpc) is 2.87. The van der Waals surface area contributed by atoms with E-state index in [0.29, 0.717) is 6.54 Å². The maximum absolute atomic E-state index is 12.1. The van der Waals surface area contributed by atoms with E-state index in [-0.39, 0.29) is 11.9 Å². The van der Waals surface area contributed by atoms with Gasteiger partial charge in [-0.3, -0.25) is 14.4 Å². The Labute approximate surface area is 120 Å². The normalized spacial score (nSPS) is 20.0. The van der Waals surface area contributed by atoms with E-state index >= 15 is 0 Å². The topological polar surface area (TPSA) is 62.2 Å². The van der Waals surface area contributed by atoms with Crippen molar-refractivity contribution in [1.82, 2.24) is 25.3 Å². The number of carbonyl (C=O) groups excluding carboxylic acids is 1. The fraction of sp³-hybridized carbons (Fsp3) is 0.714. The molecule has 20 heavy (non-hydrogen) atoms. The maximum atomic E-state index is 12.1. The molecule has 0 spiro atoms. The summed E-state index contributed by atoms with van der Waals surface area (Å²) in [5, 5.41) is 10.6. The molecule has 2 heterocycles. The Kier molecular flexibility index (Phi) is 5.55. The summed E-state index contributed by atoms with van der Waals surface area (Å²) in [6.07, 6.45) is 5.07. The summed E-state index contributed by atoms with van der Waals surface area (Å²) in [4.78, 5) is 14.3. The van der Waals surface area contributed by atoms with Crippen molar-refractivity contribution in [3.63, 3.8) is 0 Å². The summed E-state index contributed by atoms with van der Waals surface area (Å²) in [6, 6.07) is -0.0850.